The highest BCUT2D eigenvalue weighted by molar-refractivity contribution is 7.88. The molecule has 8 heteroatoms. The predicted molar refractivity (Wildman–Crippen MR) is 81.7 cm³/mol. The summed E-state index contributed by atoms with van der Waals surface area (Å²) in [6.07, 6.45) is 0. The lowest BCUT2D eigenvalue weighted by Crippen LogP contribution is -2.28. The second-order valence-electron chi connectivity index (χ2n) is 5.92. The normalized spacial score (nSPS) is 12.5. The fraction of sp³-hybridized carbons (Fsp3) is 0.429. The molecule has 0 unspecified atom stereocenters. The van der Waals surface area contributed by atoms with Crippen molar-refractivity contribution in [3.63, 3.8) is 0 Å². The topological polar surface area (TPSA) is 43.4 Å². The number of hydrogen-bond acceptors (Lipinski definition) is 3. The quantitative estimate of drug-likeness (QED) is 0.353. The van der Waals surface area contributed by atoms with E-state index in [0.29, 0.717) is 5.56 Å². The molecular formula is C14H17F3O3SSi. The van der Waals surface area contributed by atoms with E-state index in [0.717, 1.165) is 0 Å². The first-order chi connectivity index (χ1) is 9.73. The van der Waals surface area contributed by atoms with Crippen molar-refractivity contribution in [2.45, 2.75) is 39.0 Å². The van der Waals surface area contributed by atoms with Crippen LogP contribution in [0.25, 0.3) is 0 Å². The second-order valence-corrected chi connectivity index (χ2v) is 12.2. The van der Waals surface area contributed by atoms with Crippen molar-refractivity contribution >= 4 is 18.2 Å². The molecule has 0 aliphatic carbocycles. The first kappa shape index (κ1) is 18.6. The lowest BCUT2D eigenvalue weighted by atomic mass is 10.1. The van der Waals surface area contributed by atoms with Crippen molar-refractivity contribution in [3.05, 3.63) is 28.8 Å². The van der Waals surface area contributed by atoms with Crippen molar-refractivity contribution in [3.8, 4) is 17.2 Å². The van der Waals surface area contributed by atoms with Gasteiger partial charge in [0.05, 0.1) is 0 Å². The summed E-state index contributed by atoms with van der Waals surface area (Å²) in [5, 5.41) is 0. The summed E-state index contributed by atoms with van der Waals surface area (Å²) in [6.45, 7) is 9.15. The molecule has 0 atom stereocenters. The fourth-order valence-electron chi connectivity index (χ4n) is 1.57. The van der Waals surface area contributed by atoms with Gasteiger partial charge in [0.25, 0.3) is 0 Å². The van der Waals surface area contributed by atoms with Gasteiger partial charge in [-0.2, -0.15) is 21.6 Å². The minimum atomic E-state index is -5.67. The summed E-state index contributed by atoms with van der Waals surface area (Å²) < 4.78 is 63.6. The lowest BCUT2D eigenvalue weighted by molar-refractivity contribution is -0.0500. The average molecular weight is 350 g/mol. The van der Waals surface area contributed by atoms with Gasteiger partial charge in [-0.05, 0) is 37.1 Å². The molecule has 1 aromatic rings. The summed E-state index contributed by atoms with van der Waals surface area (Å²) in [5.41, 5.74) is -1.13. The molecule has 0 heterocycles. The molecule has 22 heavy (non-hydrogen) atoms. The van der Waals surface area contributed by atoms with E-state index in [9.17, 15) is 21.6 Å². The van der Waals surface area contributed by atoms with Gasteiger partial charge in [-0.15, -0.1) is 5.54 Å². The van der Waals surface area contributed by atoms with Crippen molar-refractivity contribution in [2.24, 2.45) is 0 Å². The van der Waals surface area contributed by atoms with E-state index >= 15 is 0 Å². The number of aryl methyl sites for hydroxylation is 2. The standard InChI is InChI=1S/C14H17F3O3SSi/c1-10-8-12(6-7-22(3,4)5)9-11(2)13(10)20-21(18,19)14(15,16)17/h8-9H,1-5H3. The van der Waals surface area contributed by atoms with Crippen LogP contribution in [-0.2, 0) is 10.1 Å². The Morgan fingerprint density at radius 3 is 1.91 bits per heavy atom. The van der Waals surface area contributed by atoms with Crippen LogP contribution in [0.1, 0.15) is 16.7 Å². The molecule has 1 aromatic carbocycles. The van der Waals surface area contributed by atoms with Gasteiger partial charge in [0.2, 0.25) is 0 Å². The van der Waals surface area contributed by atoms with Gasteiger partial charge < -0.3 is 4.18 Å². The van der Waals surface area contributed by atoms with Crippen LogP contribution in [0.4, 0.5) is 13.2 Å². The summed E-state index contributed by atoms with van der Waals surface area (Å²) in [4.78, 5) is 0. The van der Waals surface area contributed by atoms with Gasteiger partial charge in [-0.3, -0.25) is 0 Å². The average Bonchev–Trinajstić information content (AvgIpc) is 2.29. The summed E-state index contributed by atoms with van der Waals surface area (Å²) in [6, 6.07) is 3.03. The SMILES string of the molecule is Cc1cc(C#C[Si](C)(C)C)cc(C)c1OS(=O)(=O)C(F)(F)F. The second kappa shape index (κ2) is 5.97. The number of hydrogen-bond donors (Lipinski definition) is 0. The van der Waals surface area contributed by atoms with E-state index in [1.54, 1.807) is 0 Å². The van der Waals surface area contributed by atoms with Gasteiger partial charge in [-0.1, -0.05) is 25.6 Å². The molecule has 0 bridgehead atoms. The third-order valence-electron chi connectivity index (χ3n) is 2.52. The zero-order valence-corrected chi connectivity index (χ0v) is 14.7. The van der Waals surface area contributed by atoms with Gasteiger partial charge in [-0.25, -0.2) is 0 Å². The van der Waals surface area contributed by atoms with Crippen LogP contribution >= 0.6 is 0 Å². The Labute approximate surface area is 129 Å². The van der Waals surface area contributed by atoms with Gasteiger partial charge in [0.1, 0.15) is 13.8 Å². The molecular weight excluding hydrogens is 333 g/mol. The third-order valence-corrected chi connectivity index (χ3v) is 4.35. The molecule has 0 spiro atoms. The zero-order valence-electron chi connectivity index (χ0n) is 12.9. The Morgan fingerprint density at radius 2 is 1.55 bits per heavy atom. The smallest absolute Gasteiger partial charge is 0.375 e. The van der Waals surface area contributed by atoms with Crippen LogP contribution < -0.4 is 4.18 Å². The highest BCUT2D eigenvalue weighted by Gasteiger charge is 2.48. The Balaban J connectivity index is 3.24. The summed E-state index contributed by atoms with van der Waals surface area (Å²) in [7, 11) is -7.26. The first-order valence-corrected chi connectivity index (χ1v) is 11.3. The molecule has 0 radical (unpaired) electrons. The third kappa shape index (κ3) is 4.78. The Hall–Kier alpha value is -1.46. The molecule has 0 aliphatic heterocycles. The van der Waals surface area contributed by atoms with Crippen LogP contribution in [0.2, 0.25) is 19.6 Å². The van der Waals surface area contributed by atoms with E-state index in [1.165, 1.54) is 26.0 Å². The maximum absolute atomic E-state index is 12.4. The van der Waals surface area contributed by atoms with Crippen LogP contribution in [-0.4, -0.2) is 22.0 Å². The van der Waals surface area contributed by atoms with Crippen LogP contribution in [0.5, 0.6) is 5.75 Å². The Kier molecular flexibility index (Phi) is 5.04. The minimum absolute atomic E-state index is 0.285. The minimum Gasteiger partial charge on any atom is -0.375 e. The van der Waals surface area contributed by atoms with E-state index in [-0.39, 0.29) is 16.9 Å². The molecule has 0 aromatic heterocycles. The number of halogens is 3. The van der Waals surface area contributed by atoms with Crippen LogP contribution in [0.3, 0.4) is 0 Å². The van der Waals surface area contributed by atoms with Crippen molar-refractivity contribution in [1.82, 2.24) is 0 Å². The number of alkyl halides is 3. The van der Waals surface area contributed by atoms with Gasteiger partial charge >= 0.3 is 15.6 Å². The van der Waals surface area contributed by atoms with Gasteiger partial charge in [0.15, 0.2) is 0 Å². The van der Waals surface area contributed by atoms with E-state index in [4.69, 9.17) is 0 Å². The van der Waals surface area contributed by atoms with E-state index < -0.39 is 23.7 Å². The molecule has 0 N–H and O–H groups in total. The van der Waals surface area contributed by atoms with E-state index in [2.05, 4.69) is 35.3 Å². The molecule has 0 fully saturated rings. The molecule has 0 amide bonds. The number of benzene rings is 1. The summed E-state index contributed by atoms with van der Waals surface area (Å²) in [5.74, 6) is 2.66. The molecule has 1 rings (SSSR count). The maximum atomic E-state index is 12.4. The molecule has 0 saturated heterocycles. The highest BCUT2D eigenvalue weighted by Crippen LogP contribution is 2.31. The summed E-state index contributed by atoms with van der Waals surface area (Å²) >= 11 is 0. The Bertz CT molecular complexity index is 712. The first-order valence-electron chi connectivity index (χ1n) is 6.38. The predicted octanol–water partition coefficient (Wildman–Crippen LogP) is 3.76. The molecule has 0 saturated carbocycles. The fourth-order valence-corrected chi connectivity index (χ4v) is 2.67. The monoisotopic (exact) mass is 350 g/mol. The zero-order chi connectivity index (χ0) is 17.3. The Morgan fingerprint density at radius 1 is 1.09 bits per heavy atom. The highest BCUT2D eigenvalue weighted by atomic mass is 32.2. The van der Waals surface area contributed by atoms with Crippen LogP contribution in [0.15, 0.2) is 12.1 Å². The molecule has 0 aliphatic rings. The maximum Gasteiger partial charge on any atom is 0.534 e. The van der Waals surface area contributed by atoms with E-state index in [1.807, 2.05) is 0 Å². The molecule has 122 valence electrons. The van der Waals surface area contributed by atoms with Gasteiger partial charge in [0, 0.05) is 5.56 Å². The van der Waals surface area contributed by atoms with Crippen LogP contribution in [0, 0.1) is 25.3 Å². The lowest BCUT2D eigenvalue weighted by Gasteiger charge is -2.14. The number of rotatable bonds is 2. The largest absolute Gasteiger partial charge is 0.534 e. The van der Waals surface area contributed by atoms with Crippen molar-refractivity contribution in [1.29, 1.82) is 0 Å². The van der Waals surface area contributed by atoms with Crippen molar-refractivity contribution in [2.75, 3.05) is 0 Å². The van der Waals surface area contributed by atoms with Crippen molar-refractivity contribution < 1.29 is 25.8 Å². The molecule has 3 nitrogen and oxygen atoms in total.